The van der Waals surface area contributed by atoms with Crippen LogP contribution >= 0.6 is 0 Å². The number of para-hydroxylation sites is 1. The standard InChI is InChI=1S/C19H16N2O/c1-13(22)21-11-10-14-6-2-3-7-15(14)19(21)17-12-20-18-9-5-4-8-16(17)18/h2-12,19-20H,1H3. The van der Waals surface area contributed by atoms with E-state index in [1.54, 1.807) is 11.8 Å². The van der Waals surface area contributed by atoms with Gasteiger partial charge < -0.3 is 9.88 Å². The molecule has 22 heavy (non-hydrogen) atoms. The smallest absolute Gasteiger partial charge is 0.224 e. The number of nitrogens with zero attached hydrogens (tertiary/aromatic N) is 1. The van der Waals surface area contributed by atoms with Crippen molar-refractivity contribution in [2.45, 2.75) is 13.0 Å². The molecule has 1 aliphatic heterocycles. The molecule has 1 aliphatic rings. The highest BCUT2D eigenvalue weighted by Gasteiger charge is 2.29. The van der Waals surface area contributed by atoms with Crippen LogP contribution in [0.4, 0.5) is 0 Å². The summed E-state index contributed by atoms with van der Waals surface area (Å²) in [6.45, 7) is 1.61. The molecule has 1 N–H and O–H groups in total. The number of aromatic amines is 1. The Labute approximate surface area is 128 Å². The molecular formula is C19H16N2O. The number of hydrogen-bond donors (Lipinski definition) is 1. The van der Waals surface area contributed by atoms with E-state index < -0.39 is 0 Å². The first-order valence-corrected chi connectivity index (χ1v) is 7.38. The molecule has 0 radical (unpaired) electrons. The van der Waals surface area contributed by atoms with Crippen molar-refractivity contribution >= 4 is 22.9 Å². The van der Waals surface area contributed by atoms with Crippen molar-refractivity contribution in [1.82, 2.24) is 9.88 Å². The minimum atomic E-state index is -0.0881. The van der Waals surface area contributed by atoms with E-state index in [0.29, 0.717) is 0 Å². The van der Waals surface area contributed by atoms with Crippen molar-refractivity contribution in [1.29, 1.82) is 0 Å². The molecule has 1 unspecified atom stereocenters. The van der Waals surface area contributed by atoms with Crippen LogP contribution in [0.1, 0.15) is 29.7 Å². The van der Waals surface area contributed by atoms with Gasteiger partial charge in [0, 0.05) is 35.8 Å². The van der Waals surface area contributed by atoms with Crippen molar-refractivity contribution in [3.63, 3.8) is 0 Å². The molecule has 2 aromatic carbocycles. The van der Waals surface area contributed by atoms with Gasteiger partial charge in [-0.2, -0.15) is 0 Å². The highest BCUT2D eigenvalue weighted by atomic mass is 16.2. The van der Waals surface area contributed by atoms with E-state index in [-0.39, 0.29) is 11.9 Å². The van der Waals surface area contributed by atoms with Gasteiger partial charge in [-0.05, 0) is 23.3 Å². The van der Waals surface area contributed by atoms with Gasteiger partial charge in [0.15, 0.2) is 0 Å². The number of hydrogen-bond acceptors (Lipinski definition) is 1. The molecule has 0 spiro atoms. The second kappa shape index (κ2) is 4.88. The summed E-state index contributed by atoms with van der Waals surface area (Å²) in [5, 5.41) is 1.16. The average molecular weight is 288 g/mol. The van der Waals surface area contributed by atoms with Crippen LogP contribution < -0.4 is 0 Å². The Morgan fingerprint density at radius 3 is 2.68 bits per heavy atom. The largest absolute Gasteiger partial charge is 0.361 e. The predicted octanol–water partition coefficient (Wildman–Crippen LogP) is 4.09. The Bertz CT molecular complexity index is 891. The summed E-state index contributed by atoms with van der Waals surface area (Å²) < 4.78 is 0. The van der Waals surface area contributed by atoms with E-state index in [4.69, 9.17) is 0 Å². The van der Waals surface area contributed by atoms with Gasteiger partial charge in [-0.15, -0.1) is 0 Å². The molecule has 0 bridgehead atoms. The molecule has 108 valence electrons. The third kappa shape index (κ3) is 1.86. The molecular weight excluding hydrogens is 272 g/mol. The van der Waals surface area contributed by atoms with Gasteiger partial charge in [0.2, 0.25) is 5.91 Å². The normalized spacial score (nSPS) is 16.8. The van der Waals surface area contributed by atoms with Crippen LogP contribution in [0, 0.1) is 0 Å². The summed E-state index contributed by atoms with van der Waals surface area (Å²) in [6.07, 6.45) is 5.90. The Morgan fingerprint density at radius 2 is 1.82 bits per heavy atom. The SMILES string of the molecule is CC(=O)N1C=Cc2ccccc2C1c1c[nH]c2ccccc12. The van der Waals surface area contributed by atoms with Gasteiger partial charge in [0.05, 0.1) is 6.04 Å². The molecule has 1 atom stereocenters. The Kier molecular flexibility index (Phi) is 2.86. The number of carbonyl (C=O) groups is 1. The van der Waals surface area contributed by atoms with Crippen LogP contribution in [-0.4, -0.2) is 15.8 Å². The van der Waals surface area contributed by atoms with Crippen molar-refractivity contribution in [3.8, 4) is 0 Å². The molecule has 2 heterocycles. The first-order chi connectivity index (χ1) is 10.8. The zero-order chi connectivity index (χ0) is 15.1. The first-order valence-electron chi connectivity index (χ1n) is 7.38. The van der Waals surface area contributed by atoms with Crippen LogP contribution in [-0.2, 0) is 4.79 Å². The molecule has 0 aliphatic carbocycles. The van der Waals surface area contributed by atoms with E-state index in [2.05, 4.69) is 29.2 Å². The summed E-state index contributed by atoms with van der Waals surface area (Å²) in [5.74, 6) is 0.0426. The van der Waals surface area contributed by atoms with Crippen LogP contribution in [0.15, 0.2) is 60.9 Å². The van der Waals surface area contributed by atoms with E-state index >= 15 is 0 Å². The maximum absolute atomic E-state index is 12.1. The summed E-state index contributed by atoms with van der Waals surface area (Å²) in [7, 11) is 0. The quantitative estimate of drug-likeness (QED) is 0.719. The van der Waals surface area contributed by atoms with Crippen molar-refractivity contribution in [2.24, 2.45) is 0 Å². The van der Waals surface area contributed by atoms with Crippen LogP contribution in [0.3, 0.4) is 0 Å². The molecule has 0 saturated heterocycles. The lowest BCUT2D eigenvalue weighted by atomic mass is 9.90. The van der Waals surface area contributed by atoms with Crippen molar-refractivity contribution in [3.05, 3.63) is 77.6 Å². The van der Waals surface area contributed by atoms with Crippen molar-refractivity contribution in [2.75, 3.05) is 0 Å². The van der Waals surface area contributed by atoms with E-state index in [9.17, 15) is 4.79 Å². The highest BCUT2D eigenvalue weighted by molar-refractivity contribution is 5.86. The van der Waals surface area contributed by atoms with Gasteiger partial charge in [0.1, 0.15) is 0 Å². The summed E-state index contributed by atoms with van der Waals surface area (Å²) in [4.78, 5) is 17.2. The molecule has 3 nitrogen and oxygen atoms in total. The molecule has 3 heteroatoms. The number of aromatic nitrogens is 1. The summed E-state index contributed by atoms with van der Waals surface area (Å²) in [5.41, 5.74) is 4.54. The zero-order valence-corrected chi connectivity index (χ0v) is 12.3. The first kappa shape index (κ1) is 12.9. The fourth-order valence-corrected chi connectivity index (χ4v) is 3.23. The van der Waals surface area contributed by atoms with Crippen LogP contribution in [0.2, 0.25) is 0 Å². The number of H-pyrrole nitrogens is 1. The summed E-state index contributed by atoms with van der Waals surface area (Å²) >= 11 is 0. The molecule has 3 aromatic rings. The summed E-state index contributed by atoms with van der Waals surface area (Å²) in [6, 6.07) is 16.4. The monoisotopic (exact) mass is 288 g/mol. The van der Waals surface area contributed by atoms with Gasteiger partial charge in [-0.3, -0.25) is 4.79 Å². The minimum absolute atomic E-state index is 0.0426. The number of carbonyl (C=O) groups excluding carboxylic acids is 1. The molecule has 1 amide bonds. The highest BCUT2D eigenvalue weighted by Crippen LogP contribution is 2.38. The van der Waals surface area contributed by atoms with Gasteiger partial charge in [0.25, 0.3) is 0 Å². The third-order valence-electron chi connectivity index (χ3n) is 4.26. The van der Waals surface area contributed by atoms with Crippen LogP contribution in [0.5, 0.6) is 0 Å². The van der Waals surface area contributed by atoms with E-state index in [1.165, 1.54) is 0 Å². The predicted molar refractivity (Wildman–Crippen MR) is 88.1 cm³/mol. The van der Waals surface area contributed by atoms with Gasteiger partial charge >= 0.3 is 0 Å². The van der Waals surface area contributed by atoms with Gasteiger partial charge in [-0.1, -0.05) is 42.5 Å². The van der Waals surface area contributed by atoms with E-state index in [0.717, 1.165) is 27.6 Å². The lowest BCUT2D eigenvalue weighted by molar-refractivity contribution is -0.127. The number of benzene rings is 2. The van der Waals surface area contributed by atoms with E-state index in [1.807, 2.05) is 42.7 Å². The molecule has 0 fully saturated rings. The lowest BCUT2D eigenvalue weighted by Gasteiger charge is -2.32. The Balaban J connectivity index is 1.97. The topological polar surface area (TPSA) is 36.1 Å². The maximum atomic E-state index is 12.1. The second-order valence-corrected chi connectivity index (χ2v) is 5.56. The zero-order valence-electron chi connectivity index (χ0n) is 12.3. The second-order valence-electron chi connectivity index (χ2n) is 5.56. The number of amides is 1. The van der Waals surface area contributed by atoms with Crippen LogP contribution in [0.25, 0.3) is 17.0 Å². The van der Waals surface area contributed by atoms with Gasteiger partial charge in [-0.25, -0.2) is 0 Å². The fourth-order valence-electron chi connectivity index (χ4n) is 3.23. The maximum Gasteiger partial charge on any atom is 0.224 e. The number of nitrogens with one attached hydrogen (secondary N) is 1. The molecule has 4 rings (SSSR count). The molecule has 1 aromatic heterocycles. The Hall–Kier alpha value is -2.81. The fraction of sp³-hybridized carbons (Fsp3) is 0.105. The lowest BCUT2D eigenvalue weighted by Crippen LogP contribution is -2.31. The Morgan fingerprint density at radius 1 is 1.05 bits per heavy atom. The molecule has 0 saturated carbocycles. The average Bonchev–Trinajstić information content (AvgIpc) is 2.97. The number of fused-ring (bicyclic) bond motifs is 2. The third-order valence-corrected chi connectivity index (χ3v) is 4.26. The van der Waals surface area contributed by atoms with Crippen molar-refractivity contribution < 1.29 is 4.79 Å². The number of rotatable bonds is 1. The minimum Gasteiger partial charge on any atom is -0.361 e.